The molecule has 3 atom stereocenters. The van der Waals surface area contributed by atoms with Gasteiger partial charge in [-0.3, -0.25) is 0 Å². The fourth-order valence-corrected chi connectivity index (χ4v) is 12.4. The smallest absolute Gasteiger partial charge is 0.144 e. The Hall–Kier alpha value is -5.97. The van der Waals surface area contributed by atoms with Crippen molar-refractivity contribution in [3.05, 3.63) is 168 Å². The first kappa shape index (κ1) is 34.1. The van der Waals surface area contributed by atoms with E-state index in [1.54, 1.807) is 10.5 Å². The zero-order chi connectivity index (χ0) is 38.2. The molecule has 3 unspecified atom stereocenters. The van der Waals surface area contributed by atoms with Crippen LogP contribution >= 0.6 is 11.8 Å². The Balaban J connectivity index is 0.994. The van der Waals surface area contributed by atoms with E-state index in [1.165, 1.54) is 73.0 Å². The van der Waals surface area contributed by atoms with Gasteiger partial charge in [-0.15, -0.1) is 11.8 Å². The first-order chi connectivity index (χ1) is 28.8. The molecule has 9 aromatic rings. The molecule has 58 heavy (non-hydrogen) atoms. The number of nitrogens with zero attached hydrogens (tertiary/aromatic N) is 1. The summed E-state index contributed by atoms with van der Waals surface area (Å²) >= 11 is 2.23. The van der Waals surface area contributed by atoms with Crippen LogP contribution in [0, 0.1) is 5.92 Å². The average molecular weight is 770 g/mol. The average Bonchev–Trinajstić information content (AvgIpc) is 3.98. The molecule has 0 amide bonds. The van der Waals surface area contributed by atoms with Gasteiger partial charge in [0.1, 0.15) is 22.3 Å². The van der Waals surface area contributed by atoms with Gasteiger partial charge in [0.25, 0.3) is 0 Å². The van der Waals surface area contributed by atoms with Crippen LogP contribution in [0.25, 0.3) is 77.3 Å². The zero-order valence-corrected chi connectivity index (χ0v) is 33.2. The van der Waals surface area contributed by atoms with Crippen molar-refractivity contribution in [2.24, 2.45) is 5.92 Å². The number of fused-ring (bicyclic) bond motifs is 8. The lowest BCUT2D eigenvalue weighted by molar-refractivity contribution is 0.404. The number of allylic oxidation sites excluding steroid dienone is 1. The highest BCUT2D eigenvalue weighted by Gasteiger charge is 2.42. The summed E-state index contributed by atoms with van der Waals surface area (Å²) in [4.78, 5) is 4.33. The topological polar surface area (TPSA) is 29.5 Å². The highest BCUT2D eigenvalue weighted by Crippen LogP contribution is 2.56. The molecule has 0 saturated heterocycles. The van der Waals surface area contributed by atoms with Gasteiger partial charge in [0.2, 0.25) is 0 Å². The molecule has 3 heterocycles. The number of para-hydroxylation sites is 1. The van der Waals surface area contributed by atoms with Crippen molar-refractivity contribution < 1.29 is 8.83 Å². The SMILES string of the molecule is c1ccc(-c2ccc(N(c3ccc(-c4cccc5oc6c(-c7ccccc7)c7c(cc6c45)oc4ccccc47)cc3)C3CCCC4=C3SC3CCCCC43)cc2)cc1. The Labute approximate surface area is 343 Å². The van der Waals surface area contributed by atoms with Crippen molar-refractivity contribution in [2.75, 3.05) is 4.90 Å². The maximum Gasteiger partial charge on any atom is 0.144 e. The first-order valence-electron chi connectivity index (χ1n) is 21.1. The normalized spacial score (nSPS) is 19.3. The highest BCUT2D eigenvalue weighted by molar-refractivity contribution is 8.04. The molecule has 2 aliphatic carbocycles. The summed E-state index contributed by atoms with van der Waals surface area (Å²) in [6, 6.07) is 57.4. The molecule has 0 spiro atoms. The van der Waals surface area contributed by atoms with Gasteiger partial charge >= 0.3 is 0 Å². The Kier molecular flexibility index (Phi) is 8.14. The van der Waals surface area contributed by atoms with Gasteiger partial charge in [-0.05, 0) is 108 Å². The molecule has 1 aliphatic heterocycles. The van der Waals surface area contributed by atoms with Gasteiger partial charge in [0, 0.05) is 48.6 Å². The molecule has 0 N–H and O–H groups in total. The van der Waals surface area contributed by atoms with Crippen LogP contribution in [0.1, 0.15) is 44.9 Å². The number of hydrogen-bond acceptors (Lipinski definition) is 4. The van der Waals surface area contributed by atoms with E-state index < -0.39 is 0 Å². The fraction of sp³-hybridized carbons (Fsp3) is 0.185. The second-order valence-corrected chi connectivity index (χ2v) is 17.7. The first-order valence-corrected chi connectivity index (χ1v) is 21.9. The summed E-state index contributed by atoms with van der Waals surface area (Å²) in [5, 5.41) is 5.14. The van der Waals surface area contributed by atoms with Crippen LogP contribution in [0.3, 0.4) is 0 Å². The van der Waals surface area contributed by atoms with Crippen molar-refractivity contribution in [2.45, 2.75) is 56.2 Å². The van der Waals surface area contributed by atoms with Gasteiger partial charge in [-0.25, -0.2) is 0 Å². The van der Waals surface area contributed by atoms with E-state index in [9.17, 15) is 0 Å². The van der Waals surface area contributed by atoms with Crippen molar-refractivity contribution >= 4 is 67.0 Å². The molecular formula is C54H43NO2S. The van der Waals surface area contributed by atoms with E-state index in [4.69, 9.17) is 8.83 Å². The van der Waals surface area contributed by atoms with E-state index in [0.717, 1.165) is 71.7 Å². The van der Waals surface area contributed by atoms with Crippen LogP contribution in [-0.2, 0) is 0 Å². The van der Waals surface area contributed by atoms with Gasteiger partial charge in [0.15, 0.2) is 0 Å². The summed E-state index contributed by atoms with van der Waals surface area (Å²) in [5.41, 5.74) is 14.8. The van der Waals surface area contributed by atoms with Gasteiger partial charge in [0.05, 0.1) is 6.04 Å². The van der Waals surface area contributed by atoms with Crippen molar-refractivity contribution in [3.63, 3.8) is 0 Å². The molecule has 3 nitrogen and oxygen atoms in total. The molecular weight excluding hydrogens is 727 g/mol. The molecule has 282 valence electrons. The van der Waals surface area contributed by atoms with E-state index in [-0.39, 0.29) is 0 Å². The molecule has 2 aromatic heterocycles. The maximum absolute atomic E-state index is 6.89. The zero-order valence-electron chi connectivity index (χ0n) is 32.4. The van der Waals surface area contributed by atoms with Crippen LogP contribution in [-0.4, -0.2) is 11.3 Å². The van der Waals surface area contributed by atoms with E-state index >= 15 is 0 Å². The van der Waals surface area contributed by atoms with Gasteiger partial charge < -0.3 is 13.7 Å². The molecule has 7 aromatic carbocycles. The number of hydrogen-bond donors (Lipinski definition) is 0. The minimum atomic E-state index is 0.344. The van der Waals surface area contributed by atoms with Crippen LogP contribution in [0.5, 0.6) is 0 Å². The predicted molar refractivity (Wildman–Crippen MR) is 244 cm³/mol. The summed E-state index contributed by atoms with van der Waals surface area (Å²) in [5.74, 6) is 0.773. The predicted octanol–water partition coefficient (Wildman–Crippen LogP) is 15.7. The number of anilines is 2. The molecule has 0 bridgehead atoms. The molecule has 1 fully saturated rings. The van der Waals surface area contributed by atoms with Crippen molar-refractivity contribution in [1.82, 2.24) is 0 Å². The molecule has 4 heteroatoms. The minimum Gasteiger partial charge on any atom is -0.456 e. The Morgan fingerprint density at radius 3 is 1.97 bits per heavy atom. The number of furan rings is 2. The number of thioether (sulfide) groups is 1. The van der Waals surface area contributed by atoms with Crippen molar-refractivity contribution in [3.8, 4) is 33.4 Å². The molecule has 1 saturated carbocycles. The summed E-state index contributed by atoms with van der Waals surface area (Å²) in [7, 11) is 0. The number of rotatable bonds is 6. The van der Waals surface area contributed by atoms with E-state index in [2.05, 4.69) is 168 Å². The third-order valence-corrected chi connectivity index (χ3v) is 14.8. The quantitative estimate of drug-likeness (QED) is 0.168. The van der Waals surface area contributed by atoms with Gasteiger partial charge in [-0.2, -0.15) is 0 Å². The van der Waals surface area contributed by atoms with Crippen molar-refractivity contribution in [1.29, 1.82) is 0 Å². The number of benzene rings is 7. The lowest BCUT2D eigenvalue weighted by atomic mass is 9.78. The van der Waals surface area contributed by atoms with E-state index in [0.29, 0.717) is 6.04 Å². The summed E-state index contributed by atoms with van der Waals surface area (Å²) in [6.45, 7) is 0. The Bertz CT molecular complexity index is 3010. The maximum atomic E-state index is 6.89. The Morgan fingerprint density at radius 2 is 1.17 bits per heavy atom. The van der Waals surface area contributed by atoms with Gasteiger partial charge in [-0.1, -0.05) is 134 Å². The summed E-state index contributed by atoms with van der Waals surface area (Å²) in [6.07, 6.45) is 9.18. The lowest BCUT2D eigenvalue weighted by Gasteiger charge is -2.38. The van der Waals surface area contributed by atoms with Crippen LogP contribution in [0.2, 0.25) is 0 Å². The summed E-state index contributed by atoms with van der Waals surface area (Å²) < 4.78 is 13.5. The molecule has 12 rings (SSSR count). The monoisotopic (exact) mass is 769 g/mol. The second-order valence-electron chi connectivity index (χ2n) is 16.4. The van der Waals surface area contributed by atoms with Crippen LogP contribution in [0.15, 0.2) is 177 Å². The van der Waals surface area contributed by atoms with Crippen LogP contribution in [0.4, 0.5) is 11.4 Å². The standard InChI is InChI=1S/C54H43NO2S/c1-3-13-34(14-4-1)35-25-29-38(30-26-35)55(45-21-11-20-42-41-17-8-10-24-49(41)58-54(42)45)39-31-27-36(28-32-39)40-19-12-23-47-51(40)44-33-48-52(43-18-7-9-22-46(43)56-48)50(53(44)57-47)37-15-5-2-6-16-37/h1-7,9,12-16,18-19,22-23,25-33,41,45,49H,8,10-11,17,20-21,24H2. The third kappa shape index (κ3) is 5.49. The lowest BCUT2D eigenvalue weighted by Crippen LogP contribution is -2.34. The molecule has 0 radical (unpaired) electrons. The highest BCUT2D eigenvalue weighted by atomic mass is 32.2. The largest absolute Gasteiger partial charge is 0.456 e. The van der Waals surface area contributed by atoms with E-state index in [1.807, 2.05) is 6.07 Å². The molecule has 3 aliphatic rings. The third-order valence-electron chi connectivity index (χ3n) is 13.2. The fourth-order valence-electron chi connectivity index (χ4n) is 10.6. The minimum absolute atomic E-state index is 0.344. The second kappa shape index (κ2) is 13.9. The van der Waals surface area contributed by atoms with Crippen LogP contribution < -0.4 is 4.90 Å². The Morgan fingerprint density at radius 1 is 0.500 bits per heavy atom.